The fourth-order valence-electron chi connectivity index (χ4n) is 3.41. The van der Waals surface area contributed by atoms with E-state index in [1.54, 1.807) is 24.0 Å². The number of likely N-dealkylation sites (N-methyl/N-ethyl adjacent to an activating group) is 1. The Morgan fingerprint density at radius 2 is 1.75 bits per heavy atom. The molecule has 1 N–H and O–H groups in total. The fraction of sp³-hybridized carbons (Fsp3) is 0.300. The van der Waals surface area contributed by atoms with Crippen LogP contribution in [0.3, 0.4) is 0 Å². The third-order valence-corrected chi connectivity index (χ3v) is 4.76. The normalized spacial score (nSPS) is 16.3. The quantitative estimate of drug-likeness (QED) is 0.942. The van der Waals surface area contributed by atoms with E-state index in [9.17, 15) is 14.7 Å². The maximum absolute atomic E-state index is 12.8. The van der Waals surface area contributed by atoms with Crippen molar-refractivity contribution in [2.45, 2.75) is 32.2 Å². The minimum atomic E-state index is -1.01. The molecular weight excluding hydrogens is 302 g/mol. The molecule has 1 aliphatic carbocycles. The number of amides is 1. The molecule has 1 aliphatic rings. The summed E-state index contributed by atoms with van der Waals surface area (Å²) in [6.07, 6.45) is 2.74. The van der Waals surface area contributed by atoms with Crippen molar-refractivity contribution in [3.63, 3.8) is 0 Å². The molecule has 0 saturated heterocycles. The average molecular weight is 323 g/mol. The van der Waals surface area contributed by atoms with Crippen molar-refractivity contribution in [2.75, 3.05) is 7.05 Å². The number of carbonyl (C=O) groups is 2. The van der Waals surface area contributed by atoms with E-state index in [0.29, 0.717) is 5.56 Å². The first-order chi connectivity index (χ1) is 11.5. The molecule has 24 heavy (non-hydrogen) atoms. The van der Waals surface area contributed by atoms with E-state index < -0.39 is 5.97 Å². The zero-order chi connectivity index (χ0) is 17.3. The zero-order valence-electron chi connectivity index (χ0n) is 14.0. The second-order valence-corrected chi connectivity index (χ2v) is 6.47. The summed E-state index contributed by atoms with van der Waals surface area (Å²) in [5.74, 6) is -1.13. The maximum Gasteiger partial charge on any atom is 0.335 e. The molecule has 0 bridgehead atoms. The summed E-state index contributed by atoms with van der Waals surface area (Å²) < 4.78 is 0. The van der Waals surface area contributed by atoms with Crippen LogP contribution in [0.2, 0.25) is 0 Å². The van der Waals surface area contributed by atoms with Crippen LogP contribution in [0.25, 0.3) is 0 Å². The van der Waals surface area contributed by atoms with Crippen LogP contribution in [0.5, 0.6) is 0 Å². The van der Waals surface area contributed by atoms with Crippen LogP contribution in [0, 0.1) is 6.92 Å². The lowest BCUT2D eigenvalue weighted by atomic mass is 9.87. The second kappa shape index (κ2) is 6.48. The summed E-state index contributed by atoms with van der Waals surface area (Å²) >= 11 is 0. The first kappa shape index (κ1) is 16.2. The summed E-state index contributed by atoms with van der Waals surface area (Å²) in [4.78, 5) is 25.8. The molecule has 1 amide bonds. The van der Waals surface area contributed by atoms with E-state index in [1.807, 2.05) is 19.2 Å². The van der Waals surface area contributed by atoms with Crippen molar-refractivity contribution in [3.8, 4) is 0 Å². The molecule has 0 aliphatic heterocycles. The standard InChI is InChI=1S/C20H21NO3/c1-13-9-16(11-17(10-13)20(23)24)19(22)21(2)18-8-7-14-5-3-4-6-15(14)12-18/h3-6,9-11,18H,7-8,12H2,1-2H3,(H,23,24). The number of fused-ring (bicyclic) bond motifs is 1. The van der Waals surface area contributed by atoms with E-state index in [0.717, 1.165) is 24.8 Å². The number of aromatic carboxylic acids is 1. The van der Waals surface area contributed by atoms with Gasteiger partial charge in [0.2, 0.25) is 0 Å². The first-order valence-electron chi connectivity index (χ1n) is 8.14. The van der Waals surface area contributed by atoms with Crippen LogP contribution in [0.4, 0.5) is 0 Å². The number of hydrogen-bond acceptors (Lipinski definition) is 2. The second-order valence-electron chi connectivity index (χ2n) is 6.47. The summed E-state index contributed by atoms with van der Waals surface area (Å²) in [5, 5.41) is 9.19. The Labute approximate surface area is 141 Å². The highest BCUT2D eigenvalue weighted by atomic mass is 16.4. The average Bonchev–Trinajstić information content (AvgIpc) is 2.59. The number of hydrogen-bond donors (Lipinski definition) is 1. The van der Waals surface area contributed by atoms with Crippen LogP contribution in [-0.2, 0) is 12.8 Å². The van der Waals surface area contributed by atoms with Gasteiger partial charge in [-0.25, -0.2) is 4.79 Å². The highest BCUT2D eigenvalue weighted by molar-refractivity contribution is 5.97. The van der Waals surface area contributed by atoms with Gasteiger partial charge >= 0.3 is 5.97 Å². The SMILES string of the molecule is Cc1cc(C(=O)O)cc(C(=O)N(C)C2CCc3ccccc3C2)c1. The van der Waals surface area contributed by atoms with Crippen LogP contribution in [-0.4, -0.2) is 35.0 Å². The molecule has 2 aromatic carbocycles. The Hall–Kier alpha value is -2.62. The van der Waals surface area contributed by atoms with Crippen LogP contribution in [0.1, 0.15) is 43.8 Å². The molecule has 124 valence electrons. The van der Waals surface area contributed by atoms with Crippen LogP contribution < -0.4 is 0 Å². The van der Waals surface area contributed by atoms with Gasteiger partial charge in [0.1, 0.15) is 0 Å². The Morgan fingerprint density at radius 3 is 2.46 bits per heavy atom. The van der Waals surface area contributed by atoms with E-state index in [1.165, 1.54) is 17.2 Å². The van der Waals surface area contributed by atoms with E-state index >= 15 is 0 Å². The van der Waals surface area contributed by atoms with Crippen molar-refractivity contribution in [1.82, 2.24) is 4.90 Å². The van der Waals surface area contributed by atoms with E-state index in [4.69, 9.17) is 0 Å². The Morgan fingerprint density at radius 1 is 1.08 bits per heavy atom. The van der Waals surface area contributed by atoms with Crippen molar-refractivity contribution in [1.29, 1.82) is 0 Å². The number of carboxylic acids is 1. The molecule has 0 spiro atoms. The van der Waals surface area contributed by atoms with Gasteiger partial charge in [-0.15, -0.1) is 0 Å². The van der Waals surface area contributed by atoms with Gasteiger partial charge < -0.3 is 10.0 Å². The van der Waals surface area contributed by atoms with Gasteiger partial charge in [0.05, 0.1) is 5.56 Å². The molecule has 4 heteroatoms. The monoisotopic (exact) mass is 323 g/mol. The minimum absolute atomic E-state index is 0.120. The highest BCUT2D eigenvalue weighted by Crippen LogP contribution is 2.25. The Balaban J connectivity index is 1.82. The fourth-order valence-corrected chi connectivity index (χ4v) is 3.41. The maximum atomic E-state index is 12.8. The van der Waals surface area contributed by atoms with Crippen LogP contribution in [0.15, 0.2) is 42.5 Å². The smallest absolute Gasteiger partial charge is 0.335 e. The Bertz CT molecular complexity index is 797. The molecule has 1 unspecified atom stereocenters. The molecule has 1 atom stereocenters. The van der Waals surface area contributed by atoms with Crippen LogP contribution >= 0.6 is 0 Å². The largest absolute Gasteiger partial charge is 0.478 e. The number of benzene rings is 2. The first-order valence-corrected chi connectivity index (χ1v) is 8.14. The molecule has 0 radical (unpaired) electrons. The number of carbonyl (C=O) groups excluding carboxylic acids is 1. The number of aryl methyl sites for hydroxylation is 2. The Kier molecular flexibility index (Phi) is 4.38. The van der Waals surface area contributed by atoms with E-state index in [2.05, 4.69) is 12.1 Å². The van der Waals surface area contributed by atoms with E-state index in [-0.39, 0.29) is 17.5 Å². The summed E-state index contributed by atoms with van der Waals surface area (Å²) in [6, 6.07) is 13.3. The summed E-state index contributed by atoms with van der Waals surface area (Å²) in [6.45, 7) is 1.81. The minimum Gasteiger partial charge on any atom is -0.478 e. The number of carboxylic acid groups (broad SMARTS) is 1. The predicted octanol–water partition coefficient (Wildman–Crippen LogP) is 3.32. The van der Waals surface area contributed by atoms with Crippen molar-refractivity contribution in [3.05, 3.63) is 70.3 Å². The third kappa shape index (κ3) is 3.18. The zero-order valence-corrected chi connectivity index (χ0v) is 14.0. The van der Waals surface area contributed by atoms with Crippen molar-refractivity contribution in [2.24, 2.45) is 0 Å². The van der Waals surface area contributed by atoms with Crippen molar-refractivity contribution >= 4 is 11.9 Å². The van der Waals surface area contributed by atoms with Gasteiger partial charge in [-0.1, -0.05) is 24.3 Å². The molecule has 0 fully saturated rings. The van der Waals surface area contributed by atoms with Gasteiger partial charge in [0.15, 0.2) is 0 Å². The highest BCUT2D eigenvalue weighted by Gasteiger charge is 2.26. The predicted molar refractivity (Wildman–Crippen MR) is 92.5 cm³/mol. The lowest BCUT2D eigenvalue weighted by Crippen LogP contribution is -2.40. The third-order valence-electron chi connectivity index (χ3n) is 4.76. The molecule has 0 heterocycles. The lowest BCUT2D eigenvalue weighted by Gasteiger charge is -2.32. The van der Waals surface area contributed by atoms with Crippen molar-refractivity contribution < 1.29 is 14.7 Å². The topological polar surface area (TPSA) is 57.6 Å². The molecule has 0 saturated carbocycles. The molecular formula is C20H21NO3. The number of nitrogens with zero attached hydrogens (tertiary/aromatic N) is 1. The molecule has 4 nitrogen and oxygen atoms in total. The summed E-state index contributed by atoms with van der Waals surface area (Å²) in [7, 11) is 1.81. The van der Waals surface area contributed by atoms with Gasteiger partial charge in [-0.05, 0) is 61.1 Å². The van der Waals surface area contributed by atoms with Gasteiger partial charge in [0.25, 0.3) is 5.91 Å². The van der Waals surface area contributed by atoms with Gasteiger partial charge in [-0.3, -0.25) is 4.79 Å². The lowest BCUT2D eigenvalue weighted by molar-refractivity contribution is 0.0696. The van der Waals surface area contributed by atoms with Gasteiger partial charge in [0, 0.05) is 18.7 Å². The van der Waals surface area contributed by atoms with Gasteiger partial charge in [-0.2, -0.15) is 0 Å². The summed E-state index contributed by atoms with van der Waals surface area (Å²) in [5.41, 5.74) is 4.03. The number of rotatable bonds is 3. The molecule has 2 aromatic rings. The molecule has 0 aromatic heterocycles. The molecule has 3 rings (SSSR count).